The van der Waals surface area contributed by atoms with Crippen LogP contribution in [0.5, 0.6) is 0 Å². The highest BCUT2D eigenvalue weighted by Crippen LogP contribution is 2.35. The molecule has 3 aromatic carbocycles. The number of amides is 1. The average molecular weight is 424 g/mol. The Morgan fingerprint density at radius 3 is 2.14 bits per heavy atom. The van der Waals surface area contributed by atoms with Crippen molar-refractivity contribution in [2.45, 2.75) is 25.3 Å². The van der Waals surface area contributed by atoms with Gasteiger partial charge in [-0.1, -0.05) is 89.9 Å². The third-order valence-corrected chi connectivity index (χ3v) is 6.40. The number of benzene rings is 3. The van der Waals surface area contributed by atoms with Crippen molar-refractivity contribution in [1.29, 1.82) is 0 Å². The smallest absolute Gasteiger partial charge is 0.226 e. The SMILES string of the molecule is O=C1C(Cc2c(Cl)cccc2Cl)CCN1[C@@H](Cc1ccccc1)c1ccccc1. The van der Waals surface area contributed by atoms with E-state index in [2.05, 4.69) is 24.3 Å². The molecule has 1 saturated heterocycles. The second-order valence-corrected chi connectivity index (χ2v) is 8.35. The maximum absolute atomic E-state index is 13.4. The van der Waals surface area contributed by atoms with Crippen LogP contribution in [0.2, 0.25) is 10.0 Å². The van der Waals surface area contributed by atoms with E-state index in [1.54, 1.807) is 0 Å². The van der Waals surface area contributed by atoms with Gasteiger partial charge in [0, 0.05) is 22.5 Å². The molecule has 0 N–H and O–H groups in total. The number of carbonyl (C=O) groups excluding carboxylic acids is 1. The van der Waals surface area contributed by atoms with Crippen LogP contribution in [0.15, 0.2) is 78.9 Å². The van der Waals surface area contributed by atoms with Crippen molar-refractivity contribution in [3.63, 3.8) is 0 Å². The summed E-state index contributed by atoms with van der Waals surface area (Å²) in [5.74, 6) is 0.0974. The number of rotatable bonds is 6. The minimum atomic E-state index is -0.0885. The Labute approximate surface area is 182 Å². The predicted molar refractivity (Wildman–Crippen MR) is 119 cm³/mol. The van der Waals surface area contributed by atoms with Crippen molar-refractivity contribution in [1.82, 2.24) is 4.90 Å². The van der Waals surface area contributed by atoms with E-state index in [1.165, 1.54) is 11.1 Å². The molecule has 1 aliphatic rings. The summed E-state index contributed by atoms with van der Waals surface area (Å²) in [7, 11) is 0. The van der Waals surface area contributed by atoms with Crippen molar-refractivity contribution in [2.24, 2.45) is 5.92 Å². The van der Waals surface area contributed by atoms with Crippen LogP contribution in [0.25, 0.3) is 0 Å². The highest BCUT2D eigenvalue weighted by atomic mass is 35.5. The lowest BCUT2D eigenvalue weighted by molar-refractivity contribution is -0.133. The predicted octanol–water partition coefficient (Wildman–Crippen LogP) is 6.37. The number of hydrogen-bond acceptors (Lipinski definition) is 1. The molecule has 29 heavy (non-hydrogen) atoms. The van der Waals surface area contributed by atoms with Gasteiger partial charge in [0.1, 0.15) is 0 Å². The van der Waals surface area contributed by atoms with Crippen LogP contribution in [-0.2, 0) is 17.6 Å². The number of hydrogen-bond donors (Lipinski definition) is 0. The zero-order chi connectivity index (χ0) is 20.2. The Balaban J connectivity index is 1.58. The molecule has 0 aliphatic carbocycles. The molecule has 1 aliphatic heterocycles. The van der Waals surface area contributed by atoms with E-state index in [1.807, 2.05) is 59.5 Å². The Bertz CT molecular complexity index is 954. The summed E-state index contributed by atoms with van der Waals surface area (Å²) >= 11 is 12.7. The van der Waals surface area contributed by atoms with Gasteiger partial charge in [-0.05, 0) is 48.1 Å². The van der Waals surface area contributed by atoms with Crippen LogP contribution in [0.3, 0.4) is 0 Å². The van der Waals surface area contributed by atoms with Crippen LogP contribution in [0.1, 0.15) is 29.2 Å². The average Bonchev–Trinajstić information content (AvgIpc) is 3.10. The third kappa shape index (κ3) is 4.49. The normalized spacial score (nSPS) is 17.5. The number of likely N-dealkylation sites (tertiary alicyclic amines) is 1. The van der Waals surface area contributed by atoms with E-state index in [0.717, 1.165) is 24.9 Å². The van der Waals surface area contributed by atoms with Crippen LogP contribution in [0.4, 0.5) is 0 Å². The molecule has 3 aromatic rings. The molecule has 1 fully saturated rings. The molecule has 0 radical (unpaired) electrons. The first kappa shape index (κ1) is 20.0. The highest BCUT2D eigenvalue weighted by Gasteiger charge is 2.37. The fourth-order valence-electron chi connectivity index (χ4n) is 4.16. The topological polar surface area (TPSA) is 20.3 Å². The molecule has 2 nitrogen and oxygen atoms in total. The van der Waals surface area contributed by atoms with Crippen molar-refractivity contribution < 1.29 is 4.79 Å². The first-order chi connectivity index (χ1) is 14.1. The maximum atomic E-state index is 13.4. The first-order valence-electron chi connectivity index (χ1n) is 9.95. The first-order valence-corrected chi connectivity index (χ1v) is 10.7. The van der Waals surface area contributed by atoms with E-state index in [0.29, 0.717) is 16.5 Å². The number of carbonyl (C=O) groups is 1. The Hall–Kier alpha value is -2.29. The molecule has 2 atom stereocenters. The summed E-state index contributed by atoms with van der Waals surface area (Å²) in [6.45, 7) is 0.748. The zero-order valence-corrected chi connectivity index (χ0v) is 17.6. The van der Waals surface area contributed by atoms with Gasteiger partial charge in [0.15, 0.2) is 0 Å². The molecular formula is C25H23Cl2NO. The van der Waals surface area contributed by atoms with Crippen LogP contribution in [-0.4, -0.2) is 17.4 Å². The van der Waals surface area contributed by atoms with Crippen LogP contribution in [0, 0.1) is 5.92 Å². The summed E-state index contributed by atoms with van der Waals surface area (Å²) in [5.41, 5.74) is 3.27. The molecule has 1 unspecified atom stereocenters. The molecule has 0 saturated carbocycles. The molecule has 0 aromatic heterocycles. The second kappa shape index (κ2) is 9.02. The lowest BCUT2D eigenvalue weighted by Gasteiger charge is -2.29. The summed E-state index contributed by atoms with van der Waals surface area (Å²) in [6.07, 6.45) is 2.20. The molecule has 0 spiro atoms. The largest absolute Gasteiger partial charge is 0.335 e. The van der Waals surface area contributed by atoms with Gasteiger partial charge in [0.2, 0.25) is 5.91 Å². The quantitative estimate of drug-likeness (QED) is 0.450. The molecule has 0 bridgehead atoms. The molecular weight excluding hydrogens is 401 g/mol. The van der Waals surface area contributed by atoms with E-state index < -0.39 is 0 Å². The van der Waals surface area contributed by atoms with Crippen molar-refractivity contribution in [2.75, 3.05) is 6.54 Å². The standard InChI is InChI=1S/C25H23Cl2NO/c26-22-12-7-13-23(27)21(22)17-20-14-15-28(25(20)29)24(19-10-5-2-6-11-19)16-18-8-3-1-4-9-18/h1-13,20,24H,14-17H2/t20?,24-/m0/s1. The molecule has 1 amide bonds. The van der Waals surface area contributed by atoms with Gasteiger partial charge in [-0.25, -0.2) is 0 Å². The van der Waals surface area contributed by atoms with Gasteiger partial charge >= 0.3 is 0 Å². The summed E-state index contributed by atoms with van der Waals surface area (Å²) < 4.78 is 0. The van der Waals surface area contributed by atoms with Gasteiger partial charge < -0.3 is 4.90 Å². The highest BCUT2D eigenvalue weighted by molar-refractivity contribution is 6.36. The zero-order valence-electron chi connectivity index (χ0n) is 16.1. The monoisotopic (exact) mass is 423 g/mol. The Morgan fingerprint density at radius 1 is 0.862 bits per heavy atom. The lowest BCUT2D eigenvalue weighted by atomic mass is 9.96. The minimum Gasteiger partial charge on any atom is -0.335 e. The fourth-order valence-corrected chi connectivity index (χ4v) is 4.71. The number of halogens is 2. The van der Waals surface area contributed by atoms with E-state index in [9.17, 15) is 4.79 Å². The Morgan fingerprint density at radius 2 is 1.48 bits per heavy atom. The fraction of sp³-hybridized carbons (Fsp3) is 0.240. The van der Waals surface area contributed by atoms with Crippen LogP contribution >= 0.6 is 23.2 Å². The maximum Gasteiger partial charge on any atom is 0.226 e. The molecule has 4 rings (SSSR count). The third-order valence-electron chi connectivity index (χ3n) is 5.70. The van der Waals surface area contributed by atoms with Crippen molar-refractivity contribution >= 4 is 29.1 Å². The second-order valence-electron chi connectivity index (χ2n) is 7.54. The van der Waals surface area contributed by atoms with Gasteiger partial charge in [-0.3, -0.25) is 4.79 Å². The Kier molecular flexibility index (Phi) is 6.22. The van der Waals surface area contributed by atoms with Crippen molar-refractivity contribution in [3.8, 4) is 0 Å². The van der Waals surface area contributed by atoms with Gasteiger partial charge in [0.25, 0.3) is 0 Å². The lowest BCUT2D eigenvalue weighted by Crippen LogP contribution is -2.33. The molecule has 1 heterocycles. The van der Waals surface area contributed by atoms with E-state index >= 15 is 0 Å². The van der Waals surface area contributed by atoms with E-state index in [-0.39, 0.29) is 17.9 Å². The van der Waals surface area contributed by atoms with Crippen molar-refractivity contribution in [3.05, 3.63) is 106 Å². The molecule has 4 heteroatoms. The van der Waals surface area contributed by atoms with Gasteiger partial charge in [-0.2, -0.15) is 0 Å². The number of nitrogens with zero attached hydrogens (tertiary/aromatic N) is 1. The van der Waals surface area contributed by atoms with Crippen LogP contribution < -0.4 is 0 Å². The summed E-state index contributed by atoms with van der Waals surface area (Å²) in [4.78, 5) is 15.4. The van der Waals surface area contributed by atoms with Gasteiger partial charge in [-0.15, -0.1) is 0 Å². The summed E-state index contributed by atoms with van der Waals surface area (Å²) in [6, 6.07) is 26.2. The molecule has 148 valence electrons. The van der Waals surface area contributed by atoms with Gasteiger partial charge in [0.05, 0.1) is 6.04 Å². The van der Waals surface area contributed by atoms with E-state index in [4.69, 9.17) is 23.2 Å². The summed E-state index contributed by atoms with van der Waals surface area (Å²) in [5, 5.41) is 1.26. The minimum absolute atomic E-state index is 0.0258.